The molecule has 2 aliphatic rings. The molecule has 0 bridgehead atoms. The summed E-state index contributed by atoms with van der Waals surface area (Å²) in [4.78, 5) is 26.2. The molecule has 0 spiro atoms. The van der Waals surface area contributed by atoms with E-state index in [4.69, 9.17) is 16.3 Å². The first-order valence-electron chi connectivity index (χ1n) is 8.03. The van der Waals surface area contributed by atoms with Gasteiger partial charge in [0.05, 0.1) is 17.3 Å². The summed E-state index contributed by atoms with van der Waals surface area (Å²) in [6, 6.07) is 0. The molecule has 1 aliphatic heterocycles. The second kappa shape index (κ2) is 5.82. The Balaban J connectivity index is 1.82. The summed E-state index contributed by atoms with van der Waals surface area (Å²) in [7, 11) is 0. The van der Waals surface area contributed by atoms with Crippen molar-refractivity contribution >= 4 is 23.5 Å². The van der Waals surface area contributed by atoms with Crippen molar-refractivity contribution in [1.29, 1.82) is 0 Å². The number of Topliss-reactive ketones (excluding diaryl/α,β-unsaturated/α-hetero) is 1. The molecule has 0 atom stereocenters. The Labute approximate surface area is 140 Å². The molecule has 1 aromatic heterocycles. The number of halogens is 1. The van der Waals surface area contributed by atoms with Crippen LogP contribution in [0.1, 0.15) is 56.2 Å². The maximum atomic E-state index is 12.3. The van der Waals surface area contributed by atoms with Crippen LogP contribution in [-0.4, -0.2) is 38.7 Å². The number of carbonyl (C=O) groups excluding carboxylic acids is 2. The lowest BCUT2D eigenvalue weighted by Crippen LogP contribution is -2.36. The molecule has 6 nitrogen and oxygen atoms in total. The SMILES string of the molecule is CC(C)(C)OC(=O)N1CCCn2nc(C(=O)C3CC3)c(Cl)c2C1. The molecule has 1 saturated carbocycles. The van der Waals surface area contributed by atoms with Gasteiger partial charge < -0.3 is 9.64 Å². The molecule has 1 aliphatic carbocycles. The molecule has 2 heterocycles. The van der Waals surface area contributed by atoms with Crippen molar-refractivity contribution in [1.82, 2.24) is 14.7 Å². The quantitative estimate of drug-likeness (QED) is 0.776. The van der Waals surface area contributed by atoms with Crippen LogP contribution in [0.2, 0.25) is 5.02 Å². The summed E-state index contributed by atoms with van der Waals surface area (Å²) in [6.45, 7) is 7.07. The molecule has 0 N–H and O–H groups in total. The maximum absolute atomic E-state index is 12.3. The molecule has 0 unspecified atom stereocenters. The molecular weight excluding hydrogens is 318 g/mol. The second-order valence-corrected chi connectivity index (χ2v) is 7.60. The predicted molar refractivity (Wildman–Crippen MR) is 85.6 cm³/mol. The van der Waals surface area contributed by atoms with E-state index in [0.29, 0.717) is 30.4 Å². The average Bonchev–Trinajstić information content (AvgIpc) is 3.25. The molecule has 1 aromatic rings. The van der Waals surface area contributed by atoms with Gasteiger partial charge in [0.1, 0.15) is 11.3 Å². The van der Waals surface area contributed by atoms with Gasteiger partial charge in [0.2, 0.25) is 0 Å². The lowest BCUT2D eigenvalue weighted by Gasteiger charge is -2.26. The molecular formula is C16H22ClN3O3. The van der Waals surface area contributed by atoms with Gasteiger partial charge in [-0.1, -0.05) is 11.6 Å². The molecule has 0 saturated heterocycles. The molecule has 1 fully saturated rings. The largest absolute Gasteiger partial charge is 0.444 e. The van der Waals surface area contributed by atoms with Crippen molar-refractivity contribution in [2.45, 2.75) is 58.7 Å². The number of aromatic nitrogens is 2. The summed E-state index contributed by atoms with van der Waals surface area (Å²) in [5.74, 6) is 0.105. The Morgan fingerprint density at radius 1 is 1.26 bits per heavy atom. The van der Waals surface area contributed by atoms with Gasteiger partial charge in [-0.25, -0.2) is 4.79 Å². The van der Waals surface area contributed by atoms with E-state index in [9.17, 15) is 9.59 Å². The van der Waals surface area contributed by atoms with Gasteiger partial charge in [0.15, 0.2) is 5.78 Å². The zero-order chi connectivity index (χ0) is 16.8. The van der Waals surface area contributed by atoms with Crippen LogP contribution in [0.15, 0.2) is 0 Å². The van der Waals surface area contributed by atoms with E-state index in [1.54, 1.807) is 9.58 Å². The summed E-state index contributed by atoms with van der Waals surface area (Å²) in [5, 5.41) is 4.78. The van der Waals surface area contributed by atoms with Crippen molar-refractivity contribution in [2.24, 2.45) is 5.92 Å². The first-order valence-corrected chi connectivity index (χ1v) is 8.41. The zero-order valence-corrected chi connectivity index (χ0v) is 14.5. The molecule has 3 rings (SSSR count). The van der Waals surface area contributed by atoms with Crippen LogP contribution in [-0.2, 0) is 17.8 Å². The van der Waals surface area contributed by atoms with E-state index in [-0.39, 0.29) is 17.8 Å². The molecule has 1 amide bonds. The summed E-state index contributed by atoms with van der Waals surface area (Å²) in [5.41, 5.74) is 0.537. The Morgan fingerprint density at radius 3 is 2.57 bits per heavy atom. The third-order valence-electron chi connectivity index (χ3n) is 3.97. The van der Waals surface area contributed by atoms with Gasteiger partial charge in [-0.15, -0.1) is 0 Å². The van der Waals surface area contributed by atoms with Crippen LogP contribution in [0.4, 0.5) is 4.79 Å². The highest BCUT2D eigenvalue weighted by Crippen LogP contribution is 2.35. The number of hydrogen-bond acceptors (Lipinski definition) is 4. The number of ether oxygens (including phenoxy) is 1. The predicted octanol–water partition coefficient (Wildman–Crippen LogP) is 3.27. The van der Waals surface area contributed by atoms with Gasteiger partial charge >= 0.3 is 6.09 Å². The summed E-state index contributed by atoms with van der Waals surface area (Å²) in [6.07, 6.45) is 2.22. The van der Waals surface area contributed by atoms with Crippen molar-refractivity contribution < 1.29 is 14.3 Å². The standard InChI is InChI=1S/C16H22ClN3O3/c1-16(2,3)23-15(22)19-7-4-8-20-11(9-19)12(17)13(18-20)14(21)10-5-6-10/h10H,4-9H2,1-3H3. The van der Waals surface area contributed by atoms with Gasteiger partial charge in [0.25, 0.3) is 0 Å². The van der Waals surface area contributed by atoms with E-state index < -0.39 is 5.60 Å². The first-order chi connectivity index (χ1) is 10.8. The van der Waals surface area contributed by atoms with Crippen LogP contribution in [0.3, 0.4) is 0 Å². The minimum absolute atomic E-state index is 0.0272. The highest BCUT2D eigenvalue weighted by atomic mass is 35.5. The first kappa shape index (κ1) is 16.3. The molecule has 7 heteroatoms. The Hall–Kier alpha value is -1.56. The Kier molecular flexibility index (Phi) is 4.12. The summed E-state index contributed by atoms with van der Waals surface area (Å²) < 4.78 is 7.20. The van der Waals surface area contributed by atoms with Crippen LogP contribution in [0.25, 0.3) is 0 Å². The number of aryl methyl sites for hydroxylation is 1. The fourth-order valence-electron chi connectivity index (χ4n) is 2.66. The van der Waals surface area contributed by atoms with E-state index in [0.717, 1.165) is 25.0 Å². The third-order valence-corrected chi connectivity index (χ3v) is 4.36. The van der Waals surface area contributed by atoms with E-state index in [2.05, 4.69) is 5.10 Å². The molecule has 126 valence electrons. The van der Waals surface area contributed by atoms with Gasteiger partial charge in [-0.05, 0) is 40.0 Å². The third kappa shape index (κ3) is 3.52. The minimum Gasteiger partial charge on any atom is -0.444 e. The summed E-state index contributed by atoms with van der Waals surface area (Å²) >= 11 is 6.40. The van der Waals surface area contributed by atoms with Gasteiger partial charge in [0, 0.05) is 19.0 Å². The topological polar surface area (TPSA) is 64.4 Å². The molecule has 0 aromatic carbocycles. The normalized spacial score (nSPS) is 18.3. The Morgan fingerprint density at radius 2 is 1.96 bits per heavy atom. The highest BCUT2D eigenvalue weighted by Gasteiger charge is 2.36. The van der Waals surface area contributed by atoms with Crippen LogP contribution < -0.4 is 0 Å². The van der Waals surface area contributed by atoms with Gasteiger partial charge in [-0.2, -0.15) is 5.10 Å². The number of amides is 1. The fourth-order valence-corrected chi connectivity index (χ4v) is 2.95. The van der Waals surface area contributed by atoms with Crippen molar-refractivity contribution in [3.8, 4) is 0 Å². The zero-order valence-electron chi connectivity index (χ0n) is 13.8. The lowest BCUT2D eigenvalue weighted by atomic mass is 10.2. The highest BCUT2D eigenvalue weighted by molar-refractivity contribution is 6.34. The number of hydrogen-bond donors (Lipinski definition) is 0. The number of rotatable bonds is 2. The second-order valence-electron chi connectivity index (χ2n) is 7.23. The monoisotopic (exact) mass is 339 g/mol. The molecule has 0 radical (unpaired) electrons. The number of carbonyl (C=O) groups is 2. The van der Waals surface area contributed by atoms with E-state index in [1.165, 1.54) is 0 Å². The van der Waals surface area contributed by atoms with Crippen molar-refractivity contribution in [2.75, 3.05) is 6.54 Å². The smallest absolute Gasteiger partial charge is 0.410 e. The minimum atomic E-state index is -0.541. The maximum Gasteiger partial charge on any atom is 0.410 e. The van der Waals surface area contributed by atoms with Gasteiger partial charge in [-0.3, -0.25) is 9.48 Å². The van der Waals surface area contributed by atoms with E-state index in [1.807, 2.05) is 20.8 Å². The number of nitrogens with zero attached hydrogens (tertiary/aromatic N) is 3. The number of fused-ring (bicyclic) bond motifs is 1. The average molecular weight is 340 g/mol. The van der Waals surface area contributed by atoms with Crippen molar-refractivity contribution in [3.05, 3.63) is 16.4 Å². The lowest BCUT2D eigenvalue weighted by molar-refractivity contribution is 0.0236. The van der Waals surface area contributed by atoms with Crippen LogP contribution in [0, 0.1) is 5.92 Å². The molecule has 23 heavy (non-hydrogen) atoms. The number of ketones is 1. The van der Waals surface area contributed by atoms with E-state index >= 15 is 0 Å². The fraction of sp³-hybridized carbons (Fsp3) is 0.688. The van der Waals surface area contributed by atoms with Crippen molar-refractivity contribution in [3.63, 3.8) is 0 Å². The van der Waals surface area contributed by atoms with Crippen LogP contribution >= 0.6 is 11.6 Å². The van der Waals surface area contributed by atoms with Crippen LogP contribution in [0.5, 0.6) is 0 Å². The Bertz CT molecular complexity index is 644.